The molecule has 0 saturated carbocycles. The number of carbonyl (C=O) groups excluding carboxylic acids is 1. The van der Waals surface area contributed by atoms with Gasteiger partial charge in [0.15, 0.2) is 0 Å². The molecule has 1 aliphatic rings. The molecule has 4 heteroatoms. The van der Waals surface area contributed by atoms with E-state index in [1.807, 2.05) is 16.7 Å². The minimum atomic E-state index is 0.272. The third kappa shape index (κ3) is 5.30. The number of amides is 1. The van der Waals surface area contributed by atoms with E-state index in [-0.39, 0.29) is 6.04 Å². The van der Waals surface area contributed by atoms with Crippen LogP contribution in [-0.4, -0.2) is 41.9 Å². The van der Waals surface area contributed by atoms with Crippen molar-refractivity contribution in [2.24, 2.45) is 11.7 Å². The highest BCUT2D eigenvalue weighted by molar-refractivity contribution is 7.98. The fourth-order valence-electron chi connectivity index (χ4n) is 2.36. The number of likely N-dealkylation sites (tertiary alicyclic amines) is 1. The number of unbranched alkanes of at least 4 members (excludes halogenated alkanes) is 1. The number of nitrogens with zero attached hydrogens (tertiary/aromatic N) is 1. The highest BCUT2D eigenvalue weighted by Gasteiger charge is 2.24. The molecule has 0 bridgehead atoms. The van der Waals surface area contributed by atoms with Gasteiger partial charge in [-0.15, -0.1) is 0 Å². The molecule has 0 aliphatic carbocycles. The van der Waals surface area contributed by atoms with Gasteiger partial charge in [0.25, 0.3) is 0 Å². The van der Waals surface area contributed by atoms with Gasteiger partial charge in [0.1, 0.15) is 0 Å². The van der Waals surface area contributed by atoms with Gasteiger partial charge >= 0.3 is 0 Å². The summed E-state index contributed by atoms with van der Waals surface area (Å²) in [7, 11) is 0. The van der Waals surface area contributed by atoms with Crippen LogP contribution in [-0.2, 0) is 4.79 Å². The van der Waals surface area contributed by atoms with Gasteiger partial charge in [-0.3, -0.25) is 4.79 Å². The molecule has 100 valence electrons. The lowest BCUT2D eigenvalue weighted by Crippen LogP contribution is -2.42. The molecule has 1 rings (SSSR count). The quantitative estimate of drug-likeness (QED) is 0.742. The first kappa shape index (κ1) is 14.8. The van der Waals surface area contributed by atoms with Gasteiger partial charge in [-0.1, -0.05) is 0 Å². The number of thioether (sulfide) groups is 1. The Balaban J connectivity index is 2.17. The zero-order valence-electron chi connectivity index (χ0n) is 11.2. The van der Waals surface area contributed by atoms with Crippen LogP contribution in [0.1, 0.15) is 39.0 Å². The smallest absolute Gasteiger partial charge is 0.222 e. The van der Waals surface area contributed by atoms with E-state index in [0.29, 0.717) is 11.8 Å². The zero-order chi connectivity index (χ0) is 12.7. The van der Waals surface area contributed by atoms with Crippen LogP contribution in [0.2, 0.25) is 0 Å². The van der Waals surface area contributed by atoms with E-state index in [2.05, 4.69) is 13.2 Å². The maximum absolute atomic E-state index is 11.9. The first-order valence-electron chi connectivity index (χ1n) is 6.67. The summed E-state index contributed by atoms with van der Waals surface area (Å²) in [6, 6.07) is 0.272. The Morgan fingerprint density at radius 1 is 1.41 bits per heavy atom. The normalized spacial score (nSPS) is 19.4. The SMILES string of the molecule is CSCCCCC(=O)N1CCC(C(C)N)CC1. The summed E-state index contributed by atoms with van der Waals surface area (Å²) in [4.78, 5) is 14.0. The van der Waals surface area contributed by atoms with Gasteiger partial charge in [0.2, 0.25) is 5.91 Å². The van der Waals surface area contributed by atoms with E-state index >= 15 is 0 Å². The van der Waals surface area contributed by atoms with Crippen molar-refractivity contribution in [1.82, 2.24) is 4.90 Å². The van der Waals surface area contributed by atoms with Crippen molar-refractivity contribution in [3.8, 4) is 0 Å². The predicted molar refractivity (Wildman–Crippen MR) is 75.2 cm³/mol. The Kier molecular flexibility index (Phi) is 6.97. The monoisotopic (exact) mass is 258 g/mol. The van der Waals surface area contributed by atoms with Crippen LogP contribution < -0.4 is 5.73 Å². The molecule has 0 radical (unpaired) electrons. The number of nitrogens with two attached hydrogens (primary N) is 1. The molecule has 0 spiro atoms. The fraction of sp³-hybridized carbons (Fsp3) is 0.923. The molecule has 0 aromatic heterocycles. The van der Waals surface area contributed by atoms with E-state index in [1.54, 1.807) is 0 Å². The van der Waals surface area contributed by atoms with Crippen molar-refractivity contribution in [3.63, 3.8) is 0 Å². The molecular formula is C13H26N2OS. The summed E-state index contributed by atoms with van der Waals surface area (Å²) in [6.45, 7) is 3.89. The predicted octanol–water partition coefficient (Wildman–Crippen LogP) is 2.11. The summed E-state index contributed by atoms with van der Waals surface area (Å²) in [5.74, 6) is 2.12. The third-order valence-electron chi connectivity index (χ3n) is 3.62. The second kappa shape index (κ2) is 7.98. The second-order valence-corrected chi connectivity index (χ2v) is 6.01. The van der Waals surface area contributed by atoms with Crippen LogP contribution in [0.4, 0.5) is 0 Å². The highest BCUT2D eigenvalue weighted by atomic mass is 32.2. The summed E-state index contributed by atoms with van der Waals surface area (Å²) in [6.07, 6.45) is 7.18. The Morgan fingerprint density at radius 2 is 2.06 bits per heavy atom. The van der Waals surface area contributed by atoms with E-state index < -0.39 is 0 Å². The Labute approximate surface area is 109 Å². The molecule has 2 N–H and O–H groups in total. The van der Waals surface area contributed by atoms with E-state index in [4.69, 9.17) is 5.73 Å². The molecule has 0 aromatic carbocycles. The van der Waals surface area contributed by atoms with Crippen LogP contribution in [0.3, 0.4) is 0 Å². The Morgan fingerprint density at radius 3 is 2.59 bits per heavy atom. The maximum Gasteiger partial charge on any atom is 0.222 e. The number of hydrogen-bond acceptors (Lipinski definition) is 3. The molecule has 3 nitrogen and oxygen atoms in total. The molecule has 1 saturated heterocycles. The topological polar surface area (TPSA) is 46.3 Å². The first-order valence-corrected chi connectivity index (χ1v) is 8.07. The lowest BCUT2D eigenvalue weighted by molar-refractivity contribution is -0.132. The molecular weight excluding hydrogens is 232 g/mol. The summed E-state index contributed by atoms with van der Waals surface area (Å²) < 4.78 is 0. The largest absolute Gasteiger partial charge is 0.343 e. The van der Waals surface area contributed by atoms with Crippen LogP contribution in [0.25, 0.3) is 0 Å². The third-order valence-corrected chi connectivity index (χ3v) is 4.32. The molecule has 1 fully saturated rings. The average molecular weight is 258 g/mol. The van der Waals surface area contributed by atoms with Gasteiger partial charge in [0.05, 0.1) is 0 Å². The van der Waals surface area contributed by atoms with E-state index in [1.165, 1.54) is 5.75 Å². The number of rotatable bonds is 6. The summed E-state index contributed by atoms with van der Waals surface area (Å²) in [5.41, 5.74) is 5.90. The van der Waals surface area contributed by atoms with E-state index in [9.17, 15) is 4.79 Å². The van der Waals surface area contributed by atoms with Crippen molar-refractivity contribution in [2.45, 2.75) is 45.1 Å². The Bertz CT molecular complexity index is 225. The molecule has 1 amide bonds. The fourth-order valence-corrected chi connectivity index (χ4v) is 2.85. The van der Waals surface area contributed by atoms with Crippen LogP contribution in [0.5, 0.6) is 0 Å². The van der Waals surface area contributed by atoms with Crippen molar-refractivity contribution >= 4 is 17.7 Å². The molecule has 1 heterocycles. The van der Waals surface area contributed by atoms with Gasteiger partial charge in [-0.2, -0.15) is 11.8 Å². The minimum absolute atomic E-state index is 0.272. The lowest BCUT2D eigenvalue weighted by Gasteiger charge is -2.33. The molecule has 1 atom stereocenters. The summed E-state index contributed by atoms with van der Waals surface area (Å²) >= 11 is 1.85. The lowest BCUT2D eigenvalue weighted by atomic mass is 9.91. The van der Waals surface area contributed by atoms with Gasteiger partial charge < -0.3 is 10.6 Å². The summed E-state index contributed by atoms with van der Waals surface area (Å²) in [5, 5.41) is 0. The van der Waals surface area contributed by atoms with E-state index in [0.717, 1.165) is 45.2 Å². The number of carbonyl (C=O) groups is 1. The van der Waals surface area contributed by atoms with Crippen LogP contribution in [0.15, 0.2) is 0 Å². The molecule has 17 heavy (non-hydrogen) atoms. The number of hydrogen-bond donors (Lipinski definition) is 1. The van der Waals surface area contributed by atoms with Gasteiger partial charge in [-0.25, -0.2) is 0 Å². The van der Waals surface area contributed by atoms with Gasteiger partial charge in [0, 0.05) is 25.6 Å². The zero-order valence-corrected chi connectivity index (χ0v) is 12.0. The average Bonchev–Trinajstić information content (AvgIpc) is 2.34. The first-order chi connectivity index (χ1) is 8.15. The Hall–Kier alpha value is -0.220. The van der Waals surface area contributed by atoms with Crippen LogP contribution >= 0.6 is 11.8 Å². The van der Waals surface area contributed by atoms with Crippen molar-refractivity contribution in [1.29, 1.82) is 0 Å². The minimum Gasteiger partial charge on any atom is -0.343 e. The van der Waals surface area contributed by atoms with Gasteiger partial charge in [-0.05, 0) is 50.5 Å². The van der Waals surface area contributed by atoms with Crippen molar-refractivity contribution < 1.29 is 4.79 Å². The molecule has 1 aliphatic heterocycles. The van der Waals surface area contributed by atoms with Crippen molar-refractivity contribution in [2.75, 3.05) is 25.1 Å². The second-order valence-electron chi connectivity index (χ2n) is 5.03. The van der Waals surface area contributed by atoms with Crippen LogP contribution in [0, 0.1) is 5.92 Å². The highest BCUT2D eigenvalue weighted by Crippen LogP contribution is 2.20. The molecule has 1 unspecified atom stereocenters. The standard InChI is InChI=1S/C13H26N2OS/c1-11(14)12-6-8-15(9-7-12)13(16)5-3-4-10-17-2/h11-12H,3-10,14H2,1-2H3. The molecule has 0 aromatic rings. The maximum atomic E-state index is 11.9. The number of piperidine rings is 1. The van der Waals surface area contributed by atoms with Crippen molar-refractivity contribution in [3.05, 3.63) is 0 Å².